The molecule has 0 saturated carbocycles. The van der Waals surface area contributed by atoms with Crippen LogP contribution in [0.5, 0.6) is 0 Å². The number of rotatable bonds is 7. The first-order valence-corrected chi connectivity index (χ1v) is 7.92. The van der Waals surface area contributed by atoms with Gasteiger partial charge >= 0.3 is 0 Å². The van der Waals surface area contributed by atoms with Gasteiger partial charge in [-0.2, -0.15) is 0 Å². The van der Waals surface area contributed by atoms with Crippen molar-refractivity contribution in [2.45, 2.75) is 26.3 Å². The quantitative estimate of drug-likeness (QED) is 0.736. The van der Waals surface area contributed by atoms with Crippen LogP contribution >= 0.6 is 0 Å². The third-order valence-corrected chi connectivity index (χ3v) is 3.67. The van der Waals surface area contributed by atoms with E-state index in [2.05, 4.69) is 48.7 Å². The summed E-state index contributed by atoms with van der Waals surface area (Å²) in [5, 5.41) is 14.7. The zero-order valence-corrected chi connectivity index (χ0v) is 13.7. The molecule has 0 heterocycles. The van der Waals surface area contributed by atoms with Crippen LogP contribution in [0.1, 0.15) is 41.3 Å². The van der Waals surface area contributed by atoms with Crippen LogP contribution < -0.4 is 10.6 Å². The second-order valence-corrected chi connectivity index (χ2v) is 5.81. The summed E-state index contributed by atoms with van der Waals surface area (Å²) in [4.78, 5) is 11.9. The van der Waals surface area contributed by atoms with Gasteiger partial charge in [0, 0.05) is 24.3 Å². The number of benzene rings is 2. The number of hydrogen-bond donors (Lipinski definition) is 3. The van der Waals surface area contributed by atoms with Gasteiger partial charge in [0.25, 0.3) is 5.91 Å². The van der Waals surface area contributed by atoms with Crippen LogP contribution in [0.3, 0.4) is 0 Å². The molecule has 23 heavy (non-hydrogen) atoms. The van der Waals surface area contributed by atoms with Crippen molar-refractivity contribution in [2.24, 2.45) is 0 Å². The minimum absolute atomic E-state index is 0.0595. The van der Waals surface area contributed by atoms with E-state index in [1.54, 1.807) is 6.07 Å². The molecular formula is C19H24N2O2. The third-order valence-electron chi connectivity index (χ3n) is 3.67. The molecule has 2 rings (SSSR count). The molecule has 4 heteroatoms. The monoisotopic (exact) mass is 312 g/mol. The molecule has 0 fully saturated rings. The Hall–Kier alpha value is -2.33. The van der Waals surface area contributed by atoms with Gasteiger partial charge in [-0.3, -0.25) is 4.79 Å². The van der Waals surface area contributed by atoms with Gasteiger partial charge in [-0.25, -0.2) is 0 Å². The fraction of sp³-hybridized carbons (Fsp3) is 0.316. The molecule has 0 atom stereocenters. The molecule has 0 aromatic heterocycles. The number of amides is 1. The number of anilines is 1. The van der Waals surface area contributed by atoms with Gasteiger partial charge in [-0.1, -0.05) is 44.2 Å². The maximum absolute atomic E-state index is 11.9. The molecule has 122 valence electrons. The molecule has 0 unspecified atom stereocenters. The van der Waals surface area contributed by atoms with Crippen molar-refractivity contribution in [1.82, 2.24) is 5.32 Å². The lowest BCUT2D eigenvalue weighted by Crippen LogP contribution is -2.26. The summed E-state index contributed by atoms with van der Waals surface area (Å²) in [5.74, 6) is 0.357. The van der Waals surface area contributed by atoms with E-state index in [-0.39, 0.29) is 19.1 Å². The van der Waals surface area contributed by atoms with Gasteiger partial charge in [0.2, 0.25) is 0 Å². The van der Waals surface area contributed by atoms with Gasteiger partial charge in [0.1, 0.15) is 0 Å². The molecule has 0 aliphatic heterocycles. The number of carbonyl (C=O) groups is 1. The van der Waals surface area contributed by atoms with Crippen LogP contribution in [-0.4, -0.2) is 24.2 Å². The fourth-order valence-electron chi connectivity index (χ4n) is 2.27. The van der Waals surface area contributed by atoms with E-state index in [4.69, 9.17) is 5.11 Å². The minimum Gasteiger partial charge on any atom is -0.395 e. The smallest absolute Gasteiger partial charge is 0.251 e. The highest BCUT2D eigenvalue weighted by molar-refractivity contribution is 5.95. The molecule has 0 saturated heterocycles. The van der Waals surface area contributed by atoms with Gasteiger partial charge in [-0.05, 0) is 35.2 Å². The first-order valence-electron chi connectivity index (χ1n) is 7.92. The molecule has 0 aliphatic carbocycles. The Bertz CT molecular complexity index is 636. The van der Waals surface area contributed by atoms with Crippen molar-refractivity contribution >= 4 is 11.6 Å². The zero-order valence-electron chi connectivity index (χ0n) is 13.7. The summed E-state index contributed by atoms with van der Waals surface area (Å²) in [5.41, 5.74) is 4.01. The number of nitrogens with one attached hydrogen (secondary N) is 2. The van der Waals surface area contributed by atoms with E-state index < -0.39 is 0 Å². The average Bonchev–Trinajstić information content (AvgIpc) is 2.58. The van der Waals surface area contributed by atoms with Crippen molar-refractivity contribution in [2.75, 3.05) is 18.5 Å². The van der Waals surface area contributed by atoms with E-state index in [0.717, 1.165) is 5.69 Å². The van der Waals surface area contributed by atoms with E-state index in [1.165, 1.54) is 11.1 Å². The lowest BCUT2D eigenvalue weighted by molar-refractivity contribution is 0.0945. The van der Waals surface area contributed by atoms with E-state index in [9.17, 15) is 4.79 Å². The zero-order chi connectivity index (χ0) is 16.7. The maximum Gasteiger partial charge on any atom is 0.251 e. The maximum atomic E-state index is 11.9. The van der Waals surface area contributed by atoms with E-state index in [0.29, 0.717) is 18.0 Å². The lowest BCUT2D eigenvalue weighted by Gasteiger charge is -2.10. The SMILES string of the molecule is CC(C)c1ccc(CNc2cccc(C(=O)NCCO)c2)cc1. The first kappa shape index (κ1) is 17.0. The highest BCUT2D eigenvalue weighted by Crippen LogP contribution is 2.16. The molecule has 0 radical (unpaired) electrons. The molecule has 1 amide bonds. The van der Waals surface area contributed by atoms with Gasteiger partial charge in [-0.15, -0.1) is 0 Å². The topological polar surface area (TPSA) is 61.4 Å². The van der Waals surface area contributed by atoms with E-state index >= 15 is 0 Å². The molecule has 2 aromatic carbocycles. The Morgan fingerprint density at radius 1 is 1.13 bits per heavy atom. The Morgan fingerprint density at radius 3 is 2.52 bits per heavy atom. The van der Waals surface area contributed by atoms with Crippen LogP contribution in [0, 0.1) is 0 Å². The summed E-state index contributed by atoms with van der Waals surface area (Å²) >= 11 is 0. The van der Waals surface area contributed by atoms with Gasteiger partial charge in [0.15, 0.2) is 0 Å². The Balaban J connectivity index is 1.96. The molecule has 0 aliphatic rings. The van der Waals surface area contributed by atoms with Crippen molar-refractivity contribution in [3.05, 3.63) is 65.2 Å². The number of carbonyl (C=O) groups excluding carboxylic acids is 1. The van der Waals surface area contributed by atoms with Crippen molar-refractivity contribution in [1.29, 1.82) is 0 Å². The van der Waals surface area contributed by atoms with Crippen LogP contribution in [0.2, 0.25) is 0 Å². The summed E-state index contributed by atoms with van der Waals surface area (Å²) < 4.78 is 0. The number of hydrogen-bond acceptors (Lipinski definition) is 3. The average molecular weight is 312 g/mol. The molecular weight excluding hydrogens is 288 g/mol. The van der Waals surface area contributed by atoms with Gasteiger partial charge < -0.3 is 15.7 Å². The van der Waals surface area contributed by atoms with Gasteiger partial charge in [0.05, 0.1) is 6.61 Å². The highest BCUT2D eigenvalue weighted by atomic mass is 16.3. The second-order valence-electron chi connectivity index (χ2n) is 5.81. The minimum atomic E-state index is -0.177. The largest absolute Gasteiger partial charge is 0.395 e. The summed E-state index contributed by atoms with van der Waals surface area (Å²) in [7, 11) is 0. The predicted octanol–water partition coefficient (Wildman–Crippen LogP) is 3.14. The molecule has 0 bridgehead atoms. The Labute approximate surface area is 137 Å². The molecule has 0 spiro atoms. The van der Waals surface area contributed by atoms with Crippen LogP contribution in [-0.2, 0) is 6.54 Å². The number of aliphatic hydroxyl groups excluding tert-OH is 1. The standard InChI is InChI=1S/C19H24N2O2/c1-14(2)16-8-6-15(7-9-16)13-21-18-5-3-4-17(12-18)19(23)20-10-11-22/h3-9,12,14,21-22H,10-11,13H2,1-2H3,(H,20,23). The second kappa shape index (κ2) is 8.34. The Kier molecular flexibility index (Phi) is 6.18. The van der Waals surface area contributed by atoms with Crippen LogP contribution in [0.15, 0.2) is 48.5 Å². The van der Waals surface area contributed by atoms with E-state index in [1.807, 2.05) is 18.2 Å². The lowest BCUT2D eigenvalue weighted by atomic mass is 10.0. The summed E-state index contributed by atoms with van der Waals surface area (Å²) in [6.07, 6.45) is 0. The predicted molar refractivity (Wildman–Crippen MR) is 93.7 cm³/mol. The molecule has 2 aromatic rings. The number of aliphatic hydroxyl groups is 1. The first-order chi connectivity index (χ1) is 11.1. The molecule has 3 N–H and O–H groups in total. The Morgan fingerprint density at radius 2 is 1.87 bits per heavy atom. The summed E-state index contributed by atoms with van der Waals surface area (Å²) in [6, 6.07) is 15.9. The third kappa shape index (κ3) is 5.11. The fourth-order valence-corrected chi connectivity index (χ4v) is 2.27. The van der Waals surface area contributed by atoms with Crippen LogP contribution in [0.25, 0.3) is 0 Å². The normalized spacial score (nSPS) is 10.6. The van der Waals surface area contributed by atoms with Crippen molar-refractivity contribution < 1.29 is 9.90 Å². The van der Waals surface area contributed by atoms with Crippen molar-refractivity contribution in [3.8, 4) is 0 Å². The van der Waals surface area contributed by atoms with Crippen LogP contribution in [0.4, 0.5) is 5.69 Å². The summed E-state index contributed by atoms with van der Waals surface area (Å²) in [6.45, 7) is 5.27. The molecule has 4 nitrogen and oxygen atoms in total. The van der Waals surface area contributed by atoms with Crippen molar-refractivity contribution in [3.63, 3.8) is 0 Å². The highest BCUT2D eigenvalue weighted by Gasteiger charge is 2.05.